The molecule has 3 unspecified atom stereocenters. The van der Waals surface area contributed by atoms with E-state index in [-0.39, 0.29) is 0 Å². The molecule has 1 aromatic rings. The van der Waals surface area contributed by atoms with Crippen molar-refractivity contribution in [2.24, 2.45) is 11.7 Å². The van der Waals surface area contributed by atoms with E-state index in [1.807, 2.05) is 6.07 Å². The molecule has 0 spiro atoms. The Morgan fingerprint density at radius 3 is 2.94 bits per heavy atom. The van der Waals surface area contributed by atoms with E-state index in [9.17, 15) is 0 Å². The first-order valence-electron chi connectivity index (χ1n) is 7.19. The van der Waals surface area contributed by atoms with Gasteiger partial charge in [0.15, 0.2) is 0 Å². The molecule has 1 aliphatic rings. The van der Waals surface area contributed by atoms with E-state index in [0.29, 0.717) is 17.9 Å². The van der Waals surface area contributed by atoms with Crippen LogP contribution in [0.15, 0.2) is 24.3 Å². The molecule has 3 atom stereocenters. The van der Waals surface area contributed by atoms with Crippen LogP contribution in [0, 0.1) is 5.92 Å². The molecule has 0 saturated carbocycles. The number of para-hydroxylation sites is 1. The van der Waals surface area contributed by atoms with Crippen LogP contribution >= 0.6 is 0 Å². The molecule has 0 aliphatic carbocycles. The van der Waals surface area contributed by atoms with E-state index in [2.05, 4.69) is 32.0 Å². The molecule has 0 radical (unpaired) electrons. The molecule has 2 heteroatoms. The zero-order valence-electron chi connectivity index (χ0n) is 11.6. The van der Waals surface area contributed by atoms with E-state index in [1.54, 1.807) is 0 Å². The van der Waals surface area contributed by atoms with Crippen molar-refractivity contribution in [2.45, 2.75) is 51.5 Å². The molecule has 0 aromatic heterocycles. The average Bonchev–Trinajstić information content (AvgIpc) is 2.39. The van der Waals surface area contributed by atoms with E-state index < -0.39 is 0 Å². The van der Waals surface area contributed by atoms with Gasteiger partial charge in [0.2, 0.25) is 0 Å². The Balaban J connectivity index is 2.02. The topological polar surface area (TPSA) is 35.2 Å². The van der Waals surface area contributed by atoms with Crippen LogP contribution in [0.25, 0.3) is 0 Å². The van der Waals surface area contributed by atoms with Gasteiger partial charge in [-0.1, -0.05) is 38.5 Å². The summed E-state index contributed by atoms with van der Waals surface area (Å²) in [5.74, 6) is 2.25. The number of benzene rings is 1. The quantitative estimate of drug-likeness (QED) is 0.861. The van der Waals surface area contributed by atoms with Gasteiger partial charge in [-0.2, -0.15) is 0 Å². The monoisotopic (exact) mass is 247 g/mol. The van der Waals surface area contributed by atoms with Gasteiger partial charge in [-0.05, 0) is 42.7 Å². The molecule has 1 aromatic carbocycles. The predicted octanol–water partition coefficient (Wildman–Crippen LogP) is 3.71. The van der Waals surface area contributed by atoms with Gasteiger partial charge in [-0.25, -0.2) is 0 Å². The van der Waals surface area contributed by atoms with Crippen LogP contribution in [0.3, 0.4) is 0 Å². The molecular weight excluding hydrogens is 222 g/mol. The Morgan fingerprint density at radius 1 is 1.39 bits per heavy atom. The van der Waals surface area contributed by atoms with Crippen molar-refractivity contribution >= 4 is 0 Å². The third kappa shape index (κ3) is 3.05. The van der Waals surface area contributed by atoms with Crippen LogP contribution in [-0.4, -0.2) is 12.6 Å². The second-order valence-electron chi connectivity index (χ2n) is 5.54. The summed E-state index contributed by atoms with van der Waals surface area (Å²) in [6, 6.07) is 8.71. The summed E-state index contributed by atoms with van der Waals surface area (Å²) in [6.07, 6.45) is 4.64. The van der Waals surface area contributed by atoms with Crippen molar-refractivity contribution in [1.29, 1.82) is 0 Å². The van der Waals surface area contributed by atoms with Crippen molar-refractivity contribution in [3.05, 3.63) is 29.8 Å². The second-order valence-corrected chi connectivity index (χ2v) is 5.54. The minimum atomic E-state index is 0.307. The Bertz CT molecular complexity index is 377. The lowest BCUT2D eigenvalue weighted by Gasteiger charge is -2.29. The number of ether oxygens (including phenoxy) is 1. The summed E-state index contributed by atoms with van der Waals surface area (Å²) in [7, 11) is 0. The second kappa shape index (κ2) is 6.24. The van der Waals surface area contributed by atoms with Gasteiger partial charge in [0.05, 0.1) is 6.61 Å². The molecule has 1 heterocycles. The number of hydrogen-bond donors (Lipinski definition) is 1. The van der Waals surface area contributed by atoms with Gasteiger partial charge in [-0.3, -0.25) is 0 Å². The smallest absolute Gasteiger partial charge is 0.122 e. The van der Waals surface area contributed by atoms with Crippen LogP contribution in [0.2, 0.25) is 0 Å². The minimum absolute atomic E-state index is 0.307. The Morgan fingerprint density at radius 2 is 2.17 bits per heavy atom. The van der Waals surface area contributed by atoms with E-state index in [0.717, 1.165) is 25.2 Å². The van der Waals surface area contributed by atoms with Crippen molar-refractivity contribution < 1.29 is 4.74 Å². The molecule has 0 amide bonds. The van der Waals surface area contributed by atoms with E-state index >= 15 is 0 Å². The van der Waals surface area contributed by atoms with Crippen LogP contribution in [-0.2, 0) is 0 Å². The van der Waals surface area contributed by atoms with Gasteiger partial charge in [-0.15, -0.1) is 0 Å². The molecule has 2 nitrogen and oxygen atoms in total. The zero-order chi connectivity index (χ0) is 13.0. The van der Waals surface area contributed by atoms with Gasteiger partial charge in [0, 0.05) is 6.04 Å². The van der Waals surface area contributed by atoms with Crippen LogP contribution < -0.4 is 10.5 Å². The molecule has 0 bridgehead atoms. The Hall–Kier alpha value is -1.02. The third-order valence-corrected chi connectivity index (χ3v) is 4.11. The number of hydrogen-bond acceptors (Lipinski definition) is 2. The van der Waals surface area contributed by atoms with Crippen molar-refractivity contribution in [2.75, 3.05) is 6.61 Å². The van der Waals surface area contributed by atoms with Crippen LogP contribution in [0.4, 0.5) is 0 Å². The molecule has 18 heavy (non-hydrogen) atoms. The molecule has 0 fully saturated rings. The molecule has 100 valence electrons. The molecule has 2 rings (SSSR count). The molecule has 1 aliphatic heterocycles. The first kappa shape index (κ1) is 13.4. The van der Waals surface area contributed by atoms with E-state index in [4.69, 9.17) is 10.5 Å². The summed E-state index contributed by atoms with van der Waals surface area (Å²) in [4.78, 5) is 0. The highest BCUT2D eigenvalue weighted by atomic mass is 16.5. The van der Waals surface area contributed by atoms with Gasteiger partial charge >= 0.3 is 0 Å². The first-order chi connectivity index (χ1) is 8.72. The largest absolute Gasteiger partial charge is 0.493 e. The zero-order valence-corrected chi connectivity index (χ0v) is 11.6. The predicted molar refractivity (Wildman–Crippen MR) is 76.0 cm³/mol. The average molecular weight is 247 g/mol. The lowest BCUT2D eigenvalue weighted by molar-refractivity contribution is 0.250. The van der Waals surface area contributed by atoms with Gasteiger partial charge < -0.3 is 10.5 Å². The maximum atomic E-state index is 6.35. The maximum Gasteiger partial charge on any atom is 0.122 e. The summed E-state index contributed by atoms with van der Waals surface area (Å²) in [6.45, 7) is 5.34. The first-order valence-corrected chi connectivity index (χ1v) is 7.19. The third-order valence-electron chi connectivity index (χ3n) is 4.11. The summed E-state index contributed by atoms with van der Waals surface area (Å²) in [5, 5.41) is 0. The normalized spacial score (nSPS) is 21.8. The van der Waals surface area contributed by atoms with Gasteiger partial charge in [0.1, 0.15) is 5.75 Å². The van der Waals surface area contributed by atoms with E-state index in [1.165, 1.54) is 18.4 Å². The standard InChI is InChI=1S/C16H25NO/c1-3-6-12(2)15(17)11-13-9-10-18-16-8-5-4-7-14(13)16/h4-5,7-8,12-13,15H,3,6,9-11,17H2,1-2H3. The van der Waals surface area contributed by atoms with Crippen LogP contribution in [0.5, 0.6) is 5.75 Å². The molecular formula is C16H25NO. The highest BCUT2D eigenvalue weighted by Gasteiger charge is 2.24. The van der Waals surface area contributed by atoms with Crippen molar-refractivity contribution in [1.82, 2.24) is 0 Å². The Kier molecular flexibility index (Phi) is 4.65. The number of fused-ring (bicyclic) bond motifs is 1. The fourth-order valence-electron chi connectivity index (χ4n) is 2.89. The summed E-state index contributed by atoms with van der Waals surface area (Å²) >= 11 is 0. The Labute approximate surface area is 111 Å². The fraction of sp³-hybridized carbons (Fsp3) is 0.625. The summed E-state index contributed by atoms with van der Waals surface area (Å²) in [5.41, 5.74) is 7.70. The maximum absolute atomic E-state index is 6.35. The highest BCUT2D eigenvalue weighted by Crippen LogP contribution is 2.36. The van der Waals surface area contributed by atoms with Crippen molar-refractivity contribution in [3.63, 3.8) is 0 Å². The fourth-order valence-corrected chi connectivity index (χ4v) is 2.89. The summed E-state index contributed by atoms with van der Waals surface area (Å²) < 4.78 is 5.70. The SMILES string of the molecule is CCCC(C)C(N)CC1CCOc2ccccc21. The number of rotatable bonds is 5. The lowest BCUT2D eigenvalue weighted by atomic mass is 9.83. The minimum Gasteiger partial charge on any atom is -0.493 e. The highest BCUT2D eigenvalue weighted by molar-refractivity contribution is 5.37. The lowest BCUT2D eigenvalue weighted by Crippen LogP contribution is -2.31. The van der Waals surface area contributed by atoms with Crippen LogP contribution in [0.1, 0.15) is 51.0 Å². The molecule has 2 N–H and O–H groups in total. The molecule has 0 saturated heterocycles. The number of nitrogens with two attached hydrogens (primary N) is 1. The van der Waals surface area contributed by atoms with Crippen molar-refractivity contribution in [3.8, 4) is 5.75 Å². The van der Waals surface area contributed by atoms with Gasteiger partial charge in [0.25, 0.3) is 0 Å².